The number of carbonyl (C=O) groups excluding carboxylic acids is 2. The molecule has 0 spiro atoms. The first-order chi connectivity index (χ1) is 14.6. The van der Waals surface area contributed by atoms with Gasteiger partial charge in [-0.05, 0) is 56.7 Å². The van der Waals surface area contributed by atoms with Crippen molar-refractivity contribution in [3.63, 3.8) is 0 Å². The molecule has 1 aliphatic heterocycles. The molecular formula is C22H27N3O5S. The molecule has 0 radical (unpaired) electrons. The van der Waals surface area contributed by atoms with E-state index in [0.29, 0.717) is 30.1 Å². The molecule has 1 heterocycles. The maximum absolute atomic E-state index is 12.6. The van der Waals surface area contributed by atoms with Crippen molar-refractivity contribution >= 4 is 38.9 Å². The maximum Gasteiger partial charge on any atom is 0.245 e. The molecule has 0 aliphatic carbocycles. The van der Waals surface area contributed by atoms with Gasteiger partial charge in [-0.25, -0.2) is 8.42 Å². The van der Waals surface area contributed by atoms with Crippen molar-refractivity contribution in [2.45, 2.75) is 32.8 Å². The van der Waals surface area contributed by atoms with Gasteiger partial charge < -0.3 is 15.0 Å². The van der Waals surface area contributed by atoms with Gasteiger partial charge in [0.15, 0.2) is 0 Å². The van der Waals surface area contributed by atoms with E-state index in [2.05, 4.69) is 5.32 Å². The third-order valence-electron chi connectivity index (χ3n) is 4.70. The molecular weight excluding hydrogens is 418 g/mol. The zero-order chi connectivity index (χ0) is 22.6. The summed E-state index contributed by atoms with van der Waals surface area (Å²) in [5, 5.41) is 2.71. The van der Waals surface area contributed by atoms with Gasteiger partial charge in [-0.15, -0.1) is 0 Å². The fraction of sp³-hybridized carbons (Fsp3) is 0.364. The monoisotopic (exact) mass is 445 g/mol. The first-order valence-electron chi connectivity index (χ1n) is 10.1. The summed E-state index contributed by atoms with van der Waals surface area (Å²) < 4.78 is 31.4. The van der Waals surface area contributed by atoms with E-state index in [1.54, 1.807) is 53.4 Å². The summed E-state index contributed by atoms with van der Waals surface area (Å²) in [4.78, 5) is 26.2. The molecule has 0 unspecified atom stereocenters. The lowest BCUT2D eigenvalue weighted by Gasteiger charge is -2.23. The lowest BCUT2D eigenvalue weighted by atomic mass is 10.2. The molecule has 2 aromatic rings. The van der Waals surface area contributed by atoms with Gasteiger partial charge in [0.05, 0.1) is 18.0 Å². The number of nitrogens with zero attached hydrogens (tertiary/aromatic N) is 2. The molecule has 8 nitrogen and oxygen atoms in total. The summed E-state index contributed by atoms with van der Waals surface area (Å²) in [5.74, 6) is 0.128. The summed E-state index contributed by atoms with van der Waals surface area (Å²) in [7, 11) is -3.70. The van der Waals surface area contributed by atoms with E-state index in [9.17, 15) is 18.0 Å². The minimum Gasteiger partial charge on any atom is -0.491 e. The fourth-order valence-electron chi connectivity index (χ4n) is 3.36. The van der Waals surface area contributed by atoms with Crippen LogP contribution in [-0.2, 0) is 19.6 Å². The first-order valence-corrected chi connectivity index (χ1v) is 11.9. The topological polar surface area (TPSA) is 96.0 Å². The van der Waals surface area contributed by atoms with E-state index in [1.165, 1.54) is 0 Å². The zero-order valence-electron chi connectivity index (χ0n) is 17.9. The van der Waals surface area contributed by atoms with Gasteiger partial charge in [0, 0.05) is 30.4 Å². The summed E-state index contributed by atoms with van der Waals surface area (Å²) in [5.41, 5.74) is 1.64. The average molecular weight is 446 g/mol. The Bertz CT molecular complexity index is 1050. The molecule has 1 aliphatic rings. The Morgan fingerprint density at radius 1 is 1.19 bits per heavy atom. The van der Waals surface area contributed by atoms with E-state index in [-0.39, 0.29) is 18.6 Å². The van der Waals surface area contributed by atoms with Crippen LogP contribution in [0.5, 0.6) is 5.75 Å². The van der Waals surface area contributed by atoms with Crippen LogP contribution in [0.4, 0.5) is 17.1 Å². The Balaban J connectivity index is 1.71. The van der Waals surface area contributed by atoms with Crippen LogP contribution in [-0.4, -0.2) is 45.7 Å². The van der Waals surface area contributed by atoms with Crippen LogP contribution < -0.4 is 19.3 Å². The van der Waals surface area contributed by atoms with Crippen molar-refractivity contribution in [3.05, 3.63) is 48.5 Å². The molecule has 2 amide bonds. The number of hydrogen-bond acceptors (Lipinski definition) is 5. The Morgan fingerprint density at radius 2 is 1.90 bits per heavy atom. The van der Waals surface area contributed by atoms with E-state index >= 15 is 0 Å². The van der Waals surface area contributed by atoms with Gasteiger partial charge in [0.1, 0.15) is 12.3 Å². The third kappa shape index (κ3) is 5.97. The van der Waals surface area contributed by atoms with Crippen molar-refractivity contribution < 1.29 is 22.7 Å². The second-order valence-corrected chi connectivity index (χ2v) is 9.58. The standard InChI is InChI=1S/C22H27N3O5S/c1-16(2)30-20-7-4-6-19(14-20)25(31(3,28)29)15-21(26)23-17-9-11-18(12-10-17)24-13-5-8-22(24)27/h4,6-7,9-12,14,16H,5,8,13,15H2,1-3H3,(H,23,26). The molecule has 1 saturated heterocycles. The molecule has 1 fully saturated rings. The Morgan fingerprint density at radius 3 is 2.48 bits per heavy atom. The van der Waals surface area contributed by atoms with Crippen molar-refractivity contribution in [2.75, 3.05) is 33.9 Å². The number of rotatable bonds is 8. The maximum atomic E-state index is 12.6. The summed E-state index contributed by atoms with van der Waals surface area (Å²) in [6.45, 7) is 4.06. The number of nitrogens with one attached hydrogen (secondary N) is 1. The van der Waals surface area contributed by atoms with Crippen LogP contribution in [0.25, 0.3) is 0 Å². The molecule has 0 aromatic heterocycles. The number of carbonyl (C=O) groups is 2. The molecule has 31 heavy (non-hydrogen) atoms. The number of amides is 2. The number of sulfonamides is 1. The molecule has 1 N–H and O–H groups in total. The predicted octanol–water partition coefficient (Wildman–Crippen LogP) is 3.01. The van der Waals surface area contributed by atoms with Crippen molar-refractivity contribution in [3.8, 4) is 5.75 Å². The number of hydrogen-bond donors (Lipinski definition) is 1. The van der Waals surface area contributed by atoms with Crippen LogP contribution in [0, 0.1) is 0 Å². The van der Waals surface area contributed by atoms with Gasteiger partial charge in [0.2, 0.25) is 21.8 Å². The van der Waals surface area contributed by atoms with Gasteiger partial charge in [-0.1, -0.05) is 6.07 Å². The quantitative estimate of drug-likeness (QED) is 0.674. The van der Waals surface area contributed by atoms with E-state index in [0.717, 1.165) is 22.7 Å². The van der Waals surface area contributed by atoms with E-state index < -0.39 is 15.9 Å². The minimum atomic E-state index is -3.70. The minimum absolute atomic E-state index is 0.0657. The fourth-order valence-corrected chi connectivity index (χ4v) is 4.21. The van der Waals surface area contributed by atoms with E-state index in [1.807, 2.05) is 13.8 Å². The molecule has 0 atom stereocenters. The smallest absolute Gasteiger partial charge is 0.245 e. The highest BCUT2D eigenvalue weighted by Gasteiger charge is 2.23. The van der Waals surface area contributed by atoms with Crippen LogP contribution in [0.15, 0.2) is 48.5 Å². The summed E-state index contributed by atoms with van der Waals surface area (Å²) >= 11 is 0. The normalized spacial score (nSPS) is 14.1. The van der Waals surface area contributed by atoms with Gasteiger partial charge in [0.25, 0.3) is 0 Å². The molecule has 0 bridgehead atoms. The summed E-state index contributed by atoms with van der Waals surface area (Å²) in [6, 6.07) is 13.5. The highest BCUT2D eigenvalue weighted by atomic mass is 32.2. The van der Waals surface area contributed by atoms with Crippen molar-refractivity contribution in [1.82, 2.24) is 0 Å². The van der Waals surface area contributed by atoms with Crippen molar-refractivity contribution in [1.29, 1.82) is 0 Å². The highest BCUT2D eigenvalue weighted by molar-refractivity contribution is 7.92. The van der Waals surface area contributed by atoms with E-state index in [4.69, 9.17) is 4.74 Å². The van der Waals surface area contributed by atoms with Crippen molar-refractivity contribution in [2.24, 2.45) is 0 Å². The van der Waals surface area contributed by atoms with Crippen LogP contribution in [0.1, 0.15) is 26.7 Å². The van der Waals surface area contributed by atoms with Crippen LogP contribution >= 0.6 is 0 Å². The second-order valence-electron chi connectivity index (χ2n) is 7.68. The lowest BCUT2D eigenvalue weighted by Crippen LogP contribution is -2.37. The van der Waals surface area contributed by atoms with Gasteiger partial charge in [-0.2, -0.15) is 0 Å². The molecule has 166 valence electrons. The number of benzene rings is 2. The number of anilines is 3. The number of ether oxygens (including phenoxy) is 1. The second kappa shape index (κ2) is 9.38. The Hall–Kier alpha value is -3.07. The first kappa shape index (κ1) is 22.6. The molecule has 3 rings (SSSR count). The van der Waals surface area contributed by atoms with Crippen LogP contribution in [0.3, 0.4) is 0 Å². The molecule has 9 heteroatoms. The van der Waals surface area contributed by atoms with Gasteiger partial charge >= 0.3 is 0 Å². The molecule has 0 saturated carbocycles. The average Bonchev–Trinajstić information content (AvgIpc) is 3.11. The molecule has 2 aromatic carbocycles. The predicted molar refractivity (Wildman–Crippen MR) is 121 cm³/mol. The lowest BCUT2D eigenvalue weighted by molar-refractivity contribution is -0.117. The Kier molecular flexibility index (Phi) is 6.84. The summed E-state index contributed by atoms with van der Waals surface area (Å²) in [6.07, 6.45) is 2.37. The van der Waals surface area contributed by atoms with Gasteiger partial charge in [-0.3, -0.25) is 13.9 Å². The van der Waals surface area contributed by atoms with Crippen LogP contribution in [0.2, 0.25) is 0 Å². The third-order valence-corrected chi connectivity index (χ3v) is 5.84. The zero-order valence-corrected chi connectivity index (χ0v) is 18.7. The highest BCUT2D eigenvalue weighted by Crippen LogP contribution is 2.25. The largest absolute Gasteiger partial charge is 0.491 e. The SMILES string of the molecule is CC(C)Oc1cccc(N(CC(=O)Nc2ccc(N3CCCC3=O)cc2)S(C)(=O)=O)c1. The Labute approximate surface area is 182 Å².